The van der Waals surface area contributed by atoms with Crippen LogP contribution in [0.2, 0.25) is 0 Å². The zero-order valence-electron chi connectivity index (χ0n) is 14.4. The number of carbonyl (C=O) groups excluding carboxylic acids is 1. The number of rotatable bonds is 6. The highest BCUT2D eigenvalue weighted by Crippen LogP contribution is 2.10. The minimum atomic E-state index is -3.56. The Morgan fingerprint density at radius 3 is 2.48 bits per heavy atom. The molecule has 6 nitrogen and oxygen atoms in total. The summed E-state index contributed by atoms with van der Waals surface area (Å²) in [5.41, 5.74) is 1.25. The molecule has 0 bridgehead atoms. The van der Waals surface area contributed by atoms with Crippen LogP contribution in [0.1, 0.15) is 15.9 Å². The standard InChI is InChI=1S/C20H19N3O3S/c24-20(23-18-6-4-5-13-21-15-18)17-11-9-16(10-12-17)14-22-27(25,26)19-7-2-1-3-8-19/h1-13,15,18,22H,14H2,(H,23,24). The summed E-state index contributed by atoms with van der Waals surface area (Å²) in [6, 6.07) is 14.7. The molecule has 1 unspecified atom stereocenters. The number of carbonyl (C=O) groups is 1. The maximum absolute atomic E-state index is 12.3. The van der Waals surface area contributed by atoms with Crippen LogP contribution < -0.4 is 10.0 Å². The largest absolute Gasteiger partial charge is 0.341 e. The molecule has 1 aliphatic rings. The van der Waals surface area contributed by atoms with E-state index in [9.17, 15) is 13.2 Å². The van der Waals surface area contributed by atoms with Crippen LogP contribution >= 0.6 is 0 Å². The summed E-state index contributed by atoms with van der Waals surface area (Å²) >= 11 is 0. The molecule has 0 fully saturated rings. The summed E-state index contributed by atoms with van der Waals surface area (Å²) in [7, 11) is -3.56. The highest BCUT2D eigenvalue weighted by atomic mass is 32.2. The van der Waals surface area contributed by atoms with Crippen molar-refractivity contribution in [1.82, 2.24) is 10.0 Å². The van der Waals surface area contributed by atoms with Crippen molar-refractivity contribution in [2.75, 3.05) is 0 Å². The Labute approximate surface area is 158 Å². The van der Waals surface area contributed by atoms with Crippen LogP contribution in [0, 0.1) is 0 Å². The van der Waals surface area contributed by atoms with Gasteiger partial charge in [0.05, 0.1) is 10.9 Å². The Kier molecular flexibility index (Phi) is 5.95. The zero-order chi connectivity index (χ0) is 19.1. The first-order valence-corrected chi connectivity index (χ1v) is 9.84. The Morgan fingerprint density at radius 1 is 1.00 bits per heavy atom. The first kappa shape index (κ1) is 18.8. The number of amides is 1. The maximum atomic E-state index is 12.3. The lowest BCUT2D eigenvalue weighted by Gasteiger charge is -2.11. The summed E-state index contributed by atoms with van der Waals surface area (Å²) in [4.78, 5) is 16.6. The summed E-state index contributed by atoms with van der Waals surface area (Å²) in [6.45, 7) is 0.142. The van der Waals surface area contributed by atoms with Crippen molar-refractivity contribution < 1.29 is 13.2 Å². The molecule has 0 saturated heterocycles. The Balaban J connectivity index is 1.59. The molecule has 2 aromatic rings. The van der Waals surface area contributed by atoms with E-state index in [2.05, 4.69) is 15.0 Å². The van der Waals surface area contributed by atoms with Crippen LogP contribution in [0.15, 0.2) is 88.9 Å². The minimum absolute atomic E-state index is 0.142. The van der Waals surface area contributed by atoms with Gasteiger partial charge in [0.15, 0.2) is 0 Å². The average molecular weight is 381 g/mol. The van der Waals surface area contributed by atoms with E-state index in [1.165, 1.54) is 12.1 Å². The third-order valence-electron chi connectivity index (χ3n) is 3.88. The van der Waals surface area contributed by atoms with Crippen molar-refractivity contribution in [3.05, 3.63) is 90.2 Å². The van der Waals surface area contributed by atoms with Gasteiger partial charge in [-0.2, -0.15) is 0 Å². The molecular formula is C20H19N3O3S. The van der Waals surface area contributed by atoms with Gasteiger partial charge in [-0.05, 0) is 35.9 Å². The minimum Gasteiger partial charge on any atom is -0.341 e. The van der Waals surface area contributed by atoms with Crippen LogP contribution in [-0.2, 0) is 16.6 Å². The average Bonchev–Trinajstić information content (AvgIpc) is 2.96. The first-order valence-electron chi connectivity index (χ1n) is 8.36. The third-order valence-corrected chi connectivity index (χ3v) is 5.30. The highest BCUT2D eigenvalue weighted by Gasteiger charge is 2.13. The molecule has 27 heavy (non-hydrogen) atoms. The summed E-state index contributed by atoms with van der Waals surface area (Å²) in [5, 5.41) is 2.85. The lowest BCUT2D eigenvalue weighted by molar-refractivity contribution is 0.0952. The fourth-order valence-electron chi connectivity index (χ4n) is 2.43. The summed E-state index contributed by atoms with van der Waals surface area (Å²) < 4.78 is 27.0. The van der Waals surface area contributed by atoms with Crippen molar-refractivity contribution in [3.63, 3.8) is 0 Å². The highest BCUT2D eigenvalue weighted by molar-refractivity contribution is 7.89. The van der Waals surface area contributed by atoms with Crippen molar-refractivity contribution in [3.8, 4) is 0 Å². The number of benzene rings is 2. The molecule has 0 aliphatic carbocycles. The monoisotopic (exact) mass is 381 g/mol. The van der Waals surface area contributed by atoms with E-state index >= 15 is 0 Å². The van der Waals surface area contributed by atoms with Gasteiger partial charge in [0.25, 0.3) is 5.91 Å². The van der Waals surface area contributed by atoms with Gasteiger partial charge >= 0.3 is 0 Å². The number of allylic oxidation sites excluding steroid dienone is 2. The zero-order valence-corrected chi connectivity index (χ0v) is 15.3. The molecular weight excluding hydrogens is 362 g/mol. The molecule has 3 rings (SSSR count). The number of nitrogens with one attached hydrogen (secondary N) is 2. The van der Waals surface area contributed by atoms with Crippen molar-refractivity contribution in [1.29, 1.82) is 0 Å². The molecule has 138 valence electrons. The first-order chi connectivity index (χ1) is 13.0. The quantitative estimate of drug-likeness (QED) is 0.805. The summed E-state index contributed by atoms with van der Waals surface area (Å²) in [6.07, 6.45) is 8.73. The predicted molar refractivity (Wildman–Crippen MR) is 105 cm³/mol. The van der Waals surface area contributed by atoms with E-state index in [1.807, 2.05) is 12.2 Å². The van der Waals surface area contributed by atoms with E-state index < -0.39 is 10.0 Å². The Morgan fingerprint density at radius 2 is 1.74 bits per heavy atom. The molecule has 1 atom stereocenters. The second-order valence-corrected chi connectivity index (χ2v) is 7.63. The van der Waals surface area contributed by atoms with E-state index in [4.69, 9.17) is 0 Å². The van der Waals surface area contributed by atoms with E-state index in [1.54, 1.807) is 61.0 Å². The van der Waals surface area contributed by atoms with Gasteiger partial charge in [0, 0.05) is 24.5 Å². The van der Waals surface area contributed by atoms with Gasteiger partial charge < -0.3 is 5.32 Å². The number of hydrogen-bond donors (Lipinski definition) is 2. The van der Waals surface area contributed by atoms with Crippen molar-refractivity contribution in [2.24, 2.45) is 4.99 Å². The van der Waals surface area contributed by atoms with Gasteiger partial charge in [-0.1, -0.05) is 42.5 Å². The Hall–Kier alpha value is -3.03. The smallest absolute Gasteiger partial charge is 0.252 e. The van der Waals surface area contributed by atoms with Crippen LogP contribution in [0.3, 0.4) is 0 Å². The number of nitrogens with zero attached hydrogens (tertiary/aromatic N) is 1. The lowest BCUT2D eigenvalue weighted by atomic mass is 10.1. The molecule has 0 aromatic heterocycles. The molecule has 0 saturated carbocycles. The van der Waals surface area contributed by atoms with Gasteiger partial charge in [-0.15, -0.1) is 0 Å². The number of aliphatic imine (C=N–C) groups is 1. The SMILES string of the molecule is O=C(NC1C=CC=CN=C1)c1ccc(CNS(=O)(=O)c2ccccc2)cc1. The second kappa shape index (κ2) is 8.57. The van der Waals surface area contributed by atoms with E-state index in [-0.39, 0.29) is 23.4 Å². The lowest BCUT2D eigenvalue weighted by Crippen LogP contribution is -2.34. The van der Waals surface area contributed by atoms with Crippen LogP contribution in [-0.4, -0.2) is 26.6 Å². The second-order valence-electron chi connectivity index (χ2n) is 5.86. The molecule has 1 amide bonds. The molecule has 1 heterocycles. The molecule has 2 aromatic carbocycles. The number of hydrogen-bond acceptors (Lipinski definition) is 4. The Bertz CT molecular complexity index is 963. The topological polar surface area (TPSA) is 87.6 Å². The van der Waals surface area contributed by atoms with Crippen molar-refractivity contribution >= 4 is 22.1 Å². The fraction of sp³-hybridized carbons (Fsp3) is 0.100. The molecule has 0 spiro atoms. The van der Waals surface area contributed by atoms with Crippen LogP contribution in [0.25, 0.3) is 0 Å². The predicted octanol–water partition coefficient (Wildman–Crippen LogP) is 2.42. The molecule has 2 N–H and O–H groups in total. The maximum Gasteiger partial charge on any atom is 0.252 e. The van der Waals surface area contributed by atoms with Gasteiger partial charge in [0.1, 0.15) is 0 Å². The normalized spacial score (nSPS) is 16.1. The van der Waals surface area contributed by atoms with E-state index in [0.29, 0.717) is 5.56 Å². The van der Waals surface area contributed by atoms with Crippen LogP contribution in [0.5, 0.6) is 0 Å². The molecule has 7 heteroatoms. The molecule has 0 radical (unpaired) electrons. The van der Waals surface area contributed by atoms with Crippen LogP contribution in [0.4, 0.5) is 0 Å². The van der Waals surface area contributed by atoms with Gasteiger partial charge in [-0.25, -0.2) is 13.1 Å². The third kappa shape index (κ3) is 5.22. The van der Waals surface area contributed by atoms with Crippen molar-refractivity contribution in [2.45, 2.75) is 17.5 Å². The van der Waals surface area contributed by atoms with Gasteiger partial charge in [-0.3, -0.25) is 9.79 Å². The van der Waals surface area contributed by atoms with Gasteiger partial charge in [0.2, 0.25) is 10.0 Å². The fourth-order valence-corrected chi connectivity index (χ4v) is 3.47. The summed E-state index contributed by atoms with van der Waals surface area (Å²) in [5.74, 6) is -0.227. The molecule has 1 aliphatic heterocycles. The number of sulfonamides is 1. The van der Waals surface area contributed by atoms with E-state index in [0.717, 1.165) is 5.56 Å².